The van der Waals surface area contributed by atoms with E-state index in [1.807, 2.05) is 60.7 Å². The van der Waals surface area contributed by atoms with E-state index in [1.54, 1.807) is 6.92 Å². The summed E-state index contributed by atoms with van der Waals surface area (Å²) in [5, 5.41) is 13.9. The molecule has 0 saturated heterocycles. The summed E-state index contributed by atoms with van der Waals surface area (Å²) in [6.45, 7) is 1.97. The number of pyridine rings is 1. The van der Waals surface area contributed by atoms with Crippen molar-refractivity contribution >= 4 is 38.6 Å². The van der Waals surface area contributed by atoms with Gasteiger partial charge in [-0.1, -0.05) is 46.3 Å². The van der Waals surface area contributed by atoms with Crippen LogP contribution >= 0.6 is 15.9 Å². The van der Waals surface area contributed by atoms with E-state index < -0.39 is 11.4 Å². The molecular weight excluding hydrogens is 368 g/mol. The Morgan fingerprint density at radius 2 is 1.92 bits per heavy atom. The maximum atomic E-state index is 11.8. The van der Waals surface area contributed by atoms with Gasteiger partial charge in [0.2, 0.25) is 0 Å². The molecule has 4 nitrogen and oxygen atoms in total. The Kier molecular flexibility index (Phi) is 4.53. The summed E-state index contributed by atoms with van der Waals surface area (Å²) in [4.78, 5) is 16.4. The van der Waals surface area contributed by atoms with Gasteiger partial charge in [0.05, 0.1) is 5.52 Å². The molecule has 0 amide bonds. The number of halogens is 1. The van der Waals surface area contributed by atoms with Crippen LogP contribution in [0.25, 0.3) is 10.9 Å². The molecule has 1 aromatic heterocycles. The van der Waals surface area contributed by atoms with Gasteiger partial charge in [0.25, 0.3) is 0 Å². The zero-order chi connectivity index (χ0) is 17.2. The van der Waals surface area contributed by atoms with E-state index in [4.69, 9.17) is 0 Å². The first kappa shape index (κ1) is 16.5. The van der Waals surface area contributed by atoms with Crippen molar-refractivity contribution in [1.29, 1.82) is 0 Å². The molecule has 24 heavy (non-hydrogen) atoms. The van der Waals surface area contributed by atoms with E-state index in [1.165, 1.54) is 0 Å². The minimum absolute atomic E-state index is 0.251. The summed E-state index contributed by atoms with van der Waals surface area (Å²) in [5.41, 5.74) is 0.590. The number of benzene rings is 2. The van der Waals surface area contributed by atoms with Crippen molar-refractivity contribution in [2.45, 2.75) is 12.3 Å². The third-order valence-corrected chi connectivity index (χ3v) is 4.65. The van der Waals surface area contributed by atoms with E-state index in [0.717, 1.165) is 20.9 Å². The maximum Gasteiger partial charge on any atom is 0.315 e. The van der Waals surface area contributed by atoms with Crippen molar-refractivity contribution in [2.24, 2.45) is 0 Å². The predicted octanol–water partition coefficient (Wildman–Crippen LogP) is 4.45. The Hall–Kier alpha value is -2.40. The largest absolute Gasteiger partial charge is 0.481 e. The zero-order valence-electron chi connectivity index (χ0n) is 13.2. The molecule has 1 heterocycles. The van der Waals surface area contributed by atoms with Gasteiger partial charge in [0.15, 0.2) is 0 Å². The molecule has 2 aromatic carbocycles. The molecule has 0 aliphatic heterocycles. The summed E-state index contributed by atoms with van der Waals surface area (Å²) in [7, 11) is 0. The Morgan fingerprint density at radius 1 is 1.17 bits per heavy atom. The van der Waals surface area contributed by atoms with Crippen molar-refractivity contribution in [3.8, 4) is 0 Å². The number of nitrogens with one attached hydrogen (secondary N) is 1. The normalized spacial score (nSPS) is 13.4. The highest BCUT2D eigenvalue weighted by atomic mass is 79.9. The molecule has 1 atom stereocenters. The van der Waals surface area contributed by atoms with Crippen molar-refractivity contribution in [1.82, 2.24) is 4.98 Å². The fourth-order valence-electron chi connectivity index (χ4n) is 2.57. The van der Waals surface area contributed by atoms with Crippen LogP contribution in [0.3, 0.4) is 0 Å². The van der Waals surface area contributed by atoms with Gasteiger partial charge >= 0.3 is 5.97 Å². The van der Waals surface area contributed by atoms with Crippen LogP contribution in [0.5, 0.6) is 0 Å². The summed E-state index contributed by atoms with van der Waals surface area (Å²) < 4.78 is 1.00. The molecule has 0 aliphatic carbocycles. The van der Waals surface area contributed by atoms with E-state index in [2.05, 4.69) is 26.2 Å². The first-order valence-electron chi connectivity index (χ1n) is 7.58. The number of carbonyl (C=O) groups is 1. The summed E-state index contributed by atoms with van der Waals surface area (Å²) in [6, 6.07) is 18.9. The van der Waals surface area contributed by atoms with E-state index >= 15 is 0 Å². The highest BCUT2D eigenvalue weighted by Crippen LogP contribution is 2.25. The topological polar surface area (TPSA) is 62.2 Å². The second-order valence-corrected chi connectivity index (χ2v) is 6.81. The van der Waals surface area contributed by atoms with Crippen molar-refractivity contribution < 1.29 is 9.90 Å². The monoisotopic (exact) mass is 384 g/mol. The lowest BCUT2D eigenvalue weighted by Crippen LogP contribution is -2.39. The molecule has 3 rings (SSSR count). The Bertz CT molecular complexity index is 883. The minimum Gasteiger partial charge on any atom is -0.481 e. The second-order valence-electron chi connectivity index (χ2n) is 5.89. The number of aromatic nitrogens is 1. The third-order valence-electron chi connectivity index (χ3n) is 4.16. The molecule has 122 valence electrons. The number of carboxylic acid groups (broad SMARTS) is 1. The third kappa shape index (κ3) is 3.26. The van der Waals surface area contributed by atoms with Crippen LogP contribution in [0, 0.1) is 0 Å². The molecule has 3 aromatic rings. The standard InChI is InChI=1S/C19H17BrN2O2/c1-19(18(23)24,14-5-3-2-4-6-14)12-21-17-10-7-13-11-15(20)8-9-16(13)22-17/h2-11H,12H2,1H3,(H,21,22)(H,23,24). The van der Waals surface area contributed by atoms with Crippen LogP contribution in [-0.2, 0) is 10.2 Å². The first-order chi connectivity index (χ1) is 11.5. The Balaban J connectivity index is 1.85. The summed E-state index contributed by atoms with van der Waals surface area (Å²) >= 11 is 3.44. The number of fused-ring (bicyclic) bond motifs is 1. The lowest BCUT2D eigenvalue weighted by molar-refractivity contribution is -0.142. The number of aliphatic carboxylic acids is 1. The average molecular weight is 385 g/mol. The first-order valence-corrected chi connectivity index (χ1v) is 8.37. The molecule has 0 fully saturated rings. The SMILES string of the molecule is CC(CNc1ccc2cc(Br)ccc2n1)(C(=O)O)c1ccccc1. The van der Waals surface area contributed by atoms with Crippen LogP contribution in [0.1, 0.15) is 12.5 Å². The lowest BCUT2D eigenvalue weighted by atomic mass is 9.82. The molecule has 1 unspecified atom stereocenters. The van der Waals surface area contributed by atoms with Gasteiger partial charge in [0.1, 0.15) is 11.2 Å². The molecular formula is C19H17BrN2O2. The van der Waals surface area contributed by atoms with Gasteiger partial charge in [-0.2, -0.15) is 0 Å². The quantitative estimate of drug-likeness (QED) is 0.681. The number of carboxylic acids is 1. The average Bonchev–Trinajstić information content (AvgIpc) is 2.60. The number of hydrogen-bond acceptors (Lipinski definition) is 3. The van der Waals surface area contributed by atoms with Crippen molar-refractivity contribution in [2.75, 3.05) is 11.9 Å². The molecule has 0 aliphatic rings. The van der Waals surface area contributed by atoms with Crippen LogP contribution in [-0.4, -0.2) is 22.6 Å². The van der Waals surface area contributed by atoms with Crippen LogP contribution in [0.2, 0.25) is 0 Å². The number of nitrogens with zero attached hydrogens (tertiary/aromatic N) is 1. The van der Waals surface area contributed by atoms with Crippen molar-refractivity contribution in [3.63, 3.8) is 0 Å². The Morgan fingerprint density at radius 3 is 2.62 bits per heavy atom. The molecule has 0 spiro atoms. The van der Waals surface area contributed by atoms with Gasteiger partial charge in [-0.25, -0.2) is 4.98 Å². The number of anilines is 1. The fraction of sp³-hybridized carbons (Fsp3) is 0.158. The highest BCUT2D eigenvalue weighted by Gasteiger charge is 2.35. The highest BCUT2D eigenvalue weighted by molar-refractivity contribution is 9.10. The van der Waals surface area contributed by atoms with Gasteiger partial charge in [-0.05, 0) is 42.8 Å². The summed E-state index contributed by atoms with van der Waals surface area (Å²) in [5.74, 6) is -0.209. The fourth-order valence-corrected chi connectivity index (χ4v) is 2.95. The lowest BCUT2D eigenvalue weighted by Gasteiger charge is -2.26. The Labute approximate surface area is 148 Å². The van der Waals surface area contributed by atoms with E-state index in [-0.39, 0.29) is 6.54 Å². The van der Waals surface area contributed by atoms with Crippen LogP contribution < -0.4 is 5.32 Å². The second kappa shape index (κ2) is 6.61. The van der Waals surface area contributed by atoms with E-state index in [9.17, 15) is 9.90 Å². The predicted molar refractivity (Wildman–Crippen MR) is 99.4 cm³/mol. The zero-order valence-corrected chi connectivity index (χ0v) is 14.7. The van der Waals surface area contributed by atoms with Crippen LogP contribution in [0.15, 0.2) is 65.1 Å². The molecule has 2 N–H and O–H groups in total. The van der Waals surface area contributed by atoms with E-state index in [0.29, 0.717) is 5.82 Å². The molecule has 5 heteroatoms. The van der Waals surface area contributed by atoms with Crippen molar-refractivity contribution in [3.05, 3.63) is 70.7 Å². The van der Waals surface area contributed by atoms with Crippen LogP contribution in [0.4, 0.5) is 5.82 Å². The van der Waals surface area contributed by atoms with Gasteiger partial charge in [0, 0.05) is 16.4 Å². The number of hydrogen-bond donors (Lipinski definition) is 2. The molecule has 0 radical (unpaired) electrons. The molecule has 0 bridgehead atoms. The molecule has 0 saturated carbocycles. The smallest absolute Gasteiger partial charge is 0.315 e. The van der Waals surface area contributed by atoms with Gasteiger partial charge in [-0.3, -0.25) is 4.79 Å². The maximum absolute atomic E-state index is 11.8. The number of rotatable bonds is 5. The van der Waals surface area contributed by atoms with Gasteiger partial charge < -0.3 is 10.4 Å². The summed E-state index contributed by atoms with van der Waals surface area (Å²) in [6.07, 6.45) is 0. The van der Waals surface area contributed by atoms with Gasteiger partial charge in [-0.15, -0.1) is 0 Å². The minimum atomic E-state index is -1.03.